The molecule has 4 aromatic rings. The number of unbranched alkanes of at least 4 members (excludes halogenated alkanes) is 1. The Balaban J connectivity index is 1.65. The number of primary amides is 1. The molecule has 8 heteroatoms. The zero-order valence-corrected chi connectivity index (χ0v) is 17.2. The van der Waals surface area contributed by atoms with Gasteiger partial charge in [-0.1, -0.05) is 36.4 Å². The summed E-state index contributed by atoms with van der Waals surface area (Å²) in [5.74, 6) is 1.39. The first-order chi connectivity index (χ1) is 14.7. The van der Waals surface area contributed by atoms with Gasteiger partial charge in [-0.3, -0.25) is 4.98 Å². The van der Waals surface area contributed by atoms with E-state index >= 15 is 0 Å². The molecular formula is C22H22N6OS. The van der Waals surface area contributed by atoms with Crippen LogP contribution in [0.25, 0.3) is 32.9 Å². The second-order valence-corrected chi connectivity index (χ2v) is 7.59. The number of fused-ring (bicyclic) bond motifs is 1. The number of urea groups is 1. The zero-order valence-electron chi connectivity index (χ0n) is 16.3. The molecule has 0 fully saturated rings. The zero-order chi connectivity index (χ0) is 20.8. The van der Waals surface area contributed by atoms with Gasteiger partial charge >= 0.3 is 6.03 Å². The number of amides is 2. The van der Waals surface area contributed by atoms with E-state index < -0.39 is 6.03 Å². The van der Waals surface area contributed by atoms with E-state index in [1.54, 1.807) is 17.5 Å². The molecule has 152 valence electrons. The van der Waals surface area contributed by atoms with Crippen LogP contribution in [-0.4, -0.2) is 34.1 Å². The highest BCUT2D eigenvalue weighted by molar-refractivity contribution is 7.17. The van der Waals surface area contributed by atoms with Gasteiger partial charge in [-0.25, -0.2) is 14.8 Å². The molecule has 3 heterocycles. The molecule has 0 bridgehead atoms. The van der Waals surface area contributed by atoms with Crippen molar-refractivity contribution in [2.24, 2.45) is 5.73 Å². The molecule has 0 spiro atoms. The number of rotatable bonds is 8. The number of nitrogens with one attached hydrogen (secondary N) is 2. The lowest BCUT2D eigenvalue weighted by Crippen LogP contribution is -2.30. The molecule has 0 radical (unpaired) electrons. The van der Waals surface area contributed by atoms with Gasteiger partial charge in [0.25, 0.3) is 0 Å². The molecule has 3 aromatic heterocycles. The van der Waals surface area contributed by atoms with Crippen LogP contribution in [0.2, 0.25) is 0 Å². The van der Waals surface area contributed by atoms with Crippen molar-refractivity contribution < 1.29 is 4.79 Å². The van der Waals surface area contributed by atoms with Crippen LogP contribution >= 0.6 is 11.3 Å². The summed E-state index contributed by atoms with van der Waals surface area (Å²) in [6.07, 6.45) is 3.44. The number of carbonyl (C=O) groups excluding carboxylic acids is 1. The second-order valence-electron chi connectivity index (χ2n) is 6.73. The first kappa shape index (κ1) is 19.8. The SMILES string of the molecule is NC(=O)NCCCCNc1nc(-c2ccccn2)nc2scc(-c3ccccc3)c12. The van der Waals surface area contributed by atoms with Gasteiger partial charge in [0.1, 0.15) is 16.3 Å². The first-order valence-corrected chi connectivity index (χ1v) is 10.6. The van der Waals surface area contributed by atoms with Crippen molar-refractivity contribution in [1.82, 2.24) is 20.3 Å². The van der Waals surface area contributed by atoms with Crippen molar-refractivity contribution in [3.05, 3.63) is 60.1 Å². The Kier molecular flexibility index (Phi) is 6.14. The molecule has 0 unspecified atom stereocenters. The summed E-state index contributed by atoms with van der Waals surface area (Å²) in [5.41, 5.74) is 8.09. The van der Waals surface area contributed by atoms with Gasteiger partial charge in [-0.2, -0.15) is 0 Å². The van der Waals surface area contributed by atoms with Crippen LogP contribution in [0.15, 0.2) is 60.1 Å². The largest absolute Gasteiger partial charge is 0.369 e. The Morgan fingerprint density at radius 3 is 2.57 bits per heavy atom. The van der Waals surface area contributed by atoms with Crippen molar-refractivity contribution in [2.45, 2.75) is 12.8 Å². The number of nitrogens with zero attached hydrogens (tertiary/aromatic N) is 3. The van der Waals surface area contributed by atoms with E-state index in [-0.39, 0.29) is 0 Å². The van der Waals surface area contributed by atoms with Crippen LogP contribution in [0, 0.1) is 0 Å². The minimum Gasteiger partial charge on any atom is -0.369 e. The summed E-state index contributed by atoms with van der Waals surface area (Å²) in [6, 6.07) is 15.5. The number of carbonyl (C=O) groups is 1. The third-order valence-electron chi connectivity index (χ3n) is 4.61. The molecule has 4 N–H and O–H groups in total. The summed E-state index contributed by atoms with van der Waals surface area (Å²) in [4.78, 5) is 25.7. The van der Waals surface area contributed by atoms with Crippen LogP contribution < -0.4 is 16.4 Å². The normalized spacial score (nSPS) is 10.8. The van der Waals surface area contributed by atoms with Gasteiger partial charge in [0.15, 0.2) is 5.82 Å². The number of thiophene rings is 1. The minimum absolute atomic E-state index is 0.494. The van der Waals surface area contributed by atoms with Gasteiger partial charge in [-0.15, -0.1) is 11.3 Å². The molecule has 0 aliphatic heterocycles. The van der Waals surface area contributed by atoms with Crippen LogP contribution in [0.1, 0.15) is 12.8 Å². The average molecular weight is 419 g/mol. The van der Waals surface area contributed by atoms with Gasteiger partial charge in [-0.05, 0) is 30.5 Å². The molecule has 0 atom stereocenters. The maximum Gasteiger partial charge on any atom is 0.312 e. The number of anilines is 1. The van der Waals surface area contributed by atoms with Crippen molar-refractivity contribution in [3.63, 3.8) is 0 Å². The van der Waals surface area contributed by atoms with E-state index in [9.17, 15) is 4.79 Å². The summed E-state index contributed by atoms with van der Waals surface area (Å²) < 4.78 is 0. The molecule has 2 amide bonds. The topological polar surface area (TPSA) is 106 Å². The lowest BCUT2D eigenvalue weighted by atomic mass is 10.1. The molecule has 7 nitrogen and oxygen atoms in total. The first-order valence-electron chi connectivity index (χ1n) is 9.75. The van der Waals surface area contributed by atoms with Crippen LogP contribution in [0.3, 0.4) is 0 Å². The minimum atomic E-state index is -0.494. The fraction of sp³-hybridized carbons (Fsp3) is 0.182. The Morgan fingerprint density at radius 2 is 1.80 bits per heavy atom. The van der Waals surface area contributed by atoms with E-state index in [2.05, 4.69) is 33.1 Å². The second kappa shape index (κ2) is 9.32. The fourth-order valence-electron chi connectivity index (χ4n) is 3.18. The van der Waals surface area contributed by atoms with Crippen LogP contribution in [0.5, 0.6) is 0 Å². The third kappa shape index (κ3) is 4.55. The van der Waals surface area contributed by atoms with Crippen LogP contribution in [-0.2, 0) is 0 Å². The average Bonchev–Trinajstić information content (AvgIpc) is 3.21. The molecule has 0 aliphatic carbocycles. The monoisotopic (exact) mass is 418 g/mol. The summed E-state index contributed by atoms with van der Waals surface area (Å²) in [7, 11) is 0. The summed E-state index contributed by atoms with van der Waals surface area (Å²) in [5, 5.41) is 9.21. The highest BCUT2D eigenvalue weighted by Gasteiger charge is 2.16. The maximum absolute atomic E-state index is 10.8. The van der Waals surface area contributed by atoms with E-state index in [1.165, 1.54) is 0 Å². The molecule has 1 aromatic carbocycles. The van der Waals surface area contributed by atoms with Crippen molar-refractivity contribution >= 4 is 33.4 Å². The summed E-state index contributed by atoms with van der Waals surface area (Å²) >= 11 is 1.60. The molecule has 4 rings (SSSR count). The molecule has 0 saturated heterocycles. The smallest absolute Gasteiger partial charge is 0.312 e. The number of aromatic nitrogens is 3. The van der Waals surface area contributed by atoms with Crippen molar-refractivity contribution in [2.75, 3.05) is 18.4 Å². The Bertz CT molecular complexity index is 1130. The number of benzene rings is 1. The lowest BCUT2D eigenvalue weighted by molar-refractivity contribution is 0.249. The number of pyridine rings is 1. The van der Waals surface area contributed by atoms with E-state index in [0.29, 0.717) is 12.4 Å². The third-order valence-corrected chi connectivity index (χ3v) is 5.48. The van der Waals surface area contributed by atoms with Gasteiger partial charge in [0, 0.05) is 30.2 Å². The van der Waals surface area contributed by atoms with E-state index in [0.717, 1.165) is 52.2 Å². The maximum atomic E-state index is 10.8. The standard InChI is InChI=1S/C22H22N6OS/c23-22(29)26-13-7-6-12-25-20-18-16(15-8-2-1-3-9-15)14-30-21(18)28-19(27-20)17-10-4-5-11-24-17/h1-5,8-11,14H,6-7,12-13H2,(H3,23,26,29)(H,25,27,28). The lowest BCUT2D eigenvalue weighted by Gasteiger charge is -2.11. The van der Waals surface area contributed by atoms with Gasteiger partial charge in [0.05, 0.1) is 5.39 Å². The Labute approximate surface area is 178 Å². The fourth-order valence-corrected chi connectivity index (χ4v) is 4.12. The number of hydrogen-bond donors (Lipinski definition) is 3. The Hall–Kier alpha value is -3.52. The Morgan fingerprint density at radius 1 is 1.00 bits per heavy atom. The predicted octanol–water partition coefficient (Wildman–Crippen LogP) is 4.28. The highest BCUT2D eigenvalue weighted by Crippen LogP contribution is 2.37. The van der Waals surface area contributed by atoms with Gasteiger partial charge in [0.2, 0.25) is 0 Å². The predicted molar refractivity (Wildman–Crippen MR) is 121 cm³/mol. The van der Waals surface area contributed by atoms with Crippen LogP contribution in [0.4, 0.5) is 10.6 Å². The highest BCUT2D eigenvalue weighted by atomic mass is 32.1. The molecule has 0 saturated carbocycles. The van der Waals surface area contributed by atoms with E-state index in [4.69, 9.17) is 15.7 Å². The van der Waals surface area contributed by atoms with Gasteiger partial charge < -0.3 is 16.4 Å². The molecular weight excluding hydrogens is 396 g/mol. The van der Waals surface area contributed by atoms with Crippen molar-refractivity contribution in [1.29, 1.82) is 0 Å². The number of hydrogen-bond acceptors (Lipinski definition) is 6. The van der Waals surface area contributed by atoms with Crippen molar-refractivity contribution in [3.8, 4) is 22.6 Å². The molecule has 30 heavy (non-hydrogen) atoms. The summed E-state index contributed by atoms with van der Waals surface area (Å²) in [6.45, 7) is 1.28. The quantitative estimate of drug-likeness (QED) is 0.370. The molecule has 0 aliphatic rings. The van der Waals surface area contributed by atoms with E-state index in [1.807, 2.05) is 36.4 Å². The number of nitrogens with two attached hydrogens (primary N) is 1.